The zero-order valence-electron chi connectivity index (χ0n) is 10.4. The highest BCUT2D eigenvalue weighted by Crippen LogP contribution is 2.16. The van der Waals surface area contributed by atoms with E-state index >= 15 is 0 Å². The lowest BCUT2D eigenvalue weighted by Gasteiger charge is -2.15. The number of rotatable bonds is 7. The van der Waals surface area contributed by atoms with E-state index in [-0.39, 0.29) is 11.9 Å². The summed E-state index contributed by atoms with van der Waals surface area (Å²) in [5.74, 6) is 0.521. The second kappa shape index (κ2) is 6.91. The van der Waals surface area contributed by atoms with Crippen molar-refractivity contribution in [3.63, 3.8) is 0 Å². The molecule has 1 atom stereocenters. The van der Waals surface area contributed by atoms with Crippen molar-refractivity contribution in [2.24, 2.45) is 5.73 Å². The first-order valence-corrected chi connectivity index (χ1v) is 5.86. The van der Waals surface area contributed by atoms with Gasteiger partial charge in [0.2, 0.25) is 5.91 Å². The first kappa shape index (κ1) is 13.5. The molecule has 1 unspecified atom stereocenters. The molecule has 0 aliphatic heterocycles. The normalized spacial score (nSPS) is 12.1. The van der Waals surface area contributed by atoms with Gasteiger partial charge in [-0.1, -0.05) is 25.1 Å². The van der Waals surface area contributed by atoms with Gasteiger partial charge in [0.1, 0.15) is 5.75 Å². The Bertz CT molecular complexity index is 366. The van der Waals surface area contributed by atoms with Crippen LogP contribution in [0.4, 0.5) is 0 Å². The number of carbonyl (C=O) groups excluding carboxylic acids is 1. The number of likely N-dealkylation sites (N-methyl/N-ethyl adjacent to an activating group) is 1. The monoisotopic (exact) mass is 236 g/mol. The van der Waals surface area contributed by atoms with Crippen molar-refractivity contribution >= 4 is 5.91 Å². The van der Waals surface area contributed by atoms with Gasteiger partial charge < -0.3 is 15.8 Å². The Morgan fingerprint density at radius 1 is 1.47 bits per heavy atom. The van der Waals surface area contributed by atoms with Gasteiger partial charge in [-0.05, 0) is 25.1 Å². The maximum absolute atomic E-state index is 11.1. The fraction of sp³-hybridized carbons (Fsp3) is 0.462. The van der Waals surface area contributed by atoms with Crippen LogP contribution in [0.2, 0.25) is 0 Å². The van der Waals surface area contributed by atoms with Crippen LogP contribution < -0.4 is 15.8 Å². The lowest BCUT2D eigenvalue weighted by molar-refractivity contribution is -0.120. The summed E-state index contributed by atoms with van der Waals surface area (Å²) in [5, 5.41) is 3.03. The van der Waals surface area contributed by atoms with Gasteiger partial charge in [-0.2, -0.15) is 0 Å². The van der Waals surface area contributed by atoms with E-state index in [0.29, 0.717) is 13.0 Å². The highest BCUT2D eigenvalue weighted by Gasteiger charge is 2.13. The van der Waals surface area contributed by atoms with Crippen molar-refractivity contribution in [1.29, 1.82) is 0 Å². The quantitative estimate of drug-likeness (QED) is 0.748. The molecule has 0 aliphatic carbocycles. The molecule has 4 heteroatoms. The second-order valence-corrected chi connectivity index (χ2v) is 3.92. The predicted octanol–water partition coefficient (Wildman–Crippen LogP) is 1.23. The molecule has 0 fully saturated rings. The number of hydrogen-bond acceptors (Lipinski definition) is 3. The molecule has 4 nitrogen and oxygen atoms in total. The Morgan fingerprint density at radius 3 is 2.76 bits per heavy atom. The highest BCUT2D eigenvalue weighted by atomic mass is 16.5. The van der Waals surface area contributed by atoms with Crippen LogP contribution in [-0.2, 0) is 4.79 Å². The number of amides is 1. The number of carbonyl (C=O) groups is 1. The molecule has 0 aliphatic rings. The van der Waals surface area contributed by atoms with Crippen LogP contribution in [0.15, 0.2) is 24.3 Å². The molecule has 0 aromatic heterocycles. The first-order valence-electron chi connectivity index (χ1n) is 5.86. The number of benzene rings is 1. The average Bonchev–Trinajstić information content (AvgIpc) is 2.30. The lowest BCUT2D eigenvalue weighted by Crippen LogP contribution is -2.42. The van der Waals surface area contributed by atoms with Gasteiger partial charge in [-0.15, -0.1) is 0 Å². The molecule has 3 N–H and O–H groups in total. The molecular weight excluding hydrogens is 216 g/mol. The van der Waals surface area contributed by atoms with Crippen LogP contribution in [-0.4, -0.2) is 25.1 Å². The van der Waals surface area contributed by atoms with Crippen molar-refractivity contribution in [3.8, 4) is 5.75 Å². The Morgan fingerprint density at radius 2 is 2.18 bits per heavy atom. The molecule has 1 aromatic rings. The zero-order chi connectivity index (χ0) is 12.7. The van der Waals surface area contributed by atoms with E-state index < -0.39 is 0 Å². The van der Waals surface area contributed by atoms with Crippen LogP contribution in [0.25, 0.3) is 0 Å². The molecule has 0 saturated carbocycles. The molecule has 0 radical (unpaired) electrons. The number of nitrogens with one attached hydrogen (secondary N) is 1. The molecule has 0 heterocycles. The minimum Gasteiger partial charge on any atom is -0.493 e. The maximum Gasteiger partial charge on any atom is 0.234 e. The largest absolute Gasteiger partial charge is 0.493 e. The summed E-state index contributed by atoms with van der Waals surface area (Å²) < 4.78 is 5.62. The standard InChI is InChI=1S/C13H20N2O2/c1-3-15-11(13(14)16)8-9-17-12-7-5-4-6-10(12)2/h4-7,11,15H,3,8-9H2,1-2H3,(H2,14,16). The fourth-order valence-electron chi connectivity index (χ4n) is 1.60. The van der Waals surface area contributed by atoms with E-state index in [4.69, 9.17) is 10.5 Å². The van der Waals surface area contributed by atoms with Crippen LogP contribution in [0.5, 0.6) is 5.75 Å². The summed E-state index contributed by atoms with van der Waals surface area (Å²) >= 11 is 0. The minimum absolute atomic E-state index is 0.316. The Kier molecular flexibility index (Phi) is 5.49. The third-order valence-corrected chi connectivity index (χ3v) is 2.55. The highest BCUT2D eigenvalue weighted by molar-refractivity contribution is 5.79. The number of ether oxygens (including phenoxy) is 1. The van der Waals surface area contributed by atoms with Crippen molar-refractivity contribution in [2.75, 3.05) is 13.2 Å². The summed E-state index contributed by atoms with van der Waals surface area (Å²) in [6, 6.07) is 7.49. The van der Waals surface area contributed by atoms with Crippen LogP contribution >= 0.6 is 0 Å². The Labute approximate surface area is 102 Å². The topological polar surface area (TPSA) is 64.3 Å². The number of para-hydroxylation sites is 1. The maximum atomic E-state index is 11.1. The fourth-order valence-corrected chi connectivity index (χ4v) is 1.60. The van der Waals surface area contributed by atoms with E-state index in [1.54, 1.807) is 0 Å². The molecule has 1 amide bonds. The number of nitrogens with two attached hydrogens (primary N) is 1. The van der Waals surface area contributed by atoms with E-state index in [1.165, 1.54) is 0 Å². The SMILES string of the molecule is CCNC(CCOc1ccccc1C)C(N)=O. The average molecular weight is 236 g/mol. The first-order chi connectivity index (χ1) is 8.15. The third kappa shape index (κ3) is 4.44. The van der Waals surface area contributed by atoms with Crippen molar-refractivity contribution in [1.82, 2.24) is 5.32 Å². The minimum atomic E-state index is -0.333. The summed E-state index contributed by atoms with van der Waals surface area (Å²) in [6.45, 7) is 5.13. The van der Waals surface area contributed by atoms with Gasteiger partial charge in [0.25, 0.3) is 0 Å². The van der Waals surface area contributed by atoms with Crippen LogP contribution in [0.1, 0.15) is 18.9 Å². The summed E-state index contributed by atoms with van der Waals surface area (Å²) in [4.78, 5) is 11.1. The van der Waals surface area contributed by atoms with Crippen LogP contribution in [0, 0.1) is 6.92 Å². The smallest absolute Gasteiger partial charge is 0.234 e. The second-order valence-electron chi connectivity index (χ2n) is 3.92. The number of primary amides is 1. The number of aryl methyl sites for hydroxylation is 1. The van der Waals surface area contributed by atoms with Gasteiger partial charge in [-0.25, -0.2) is 0 Å². The summed E-state index contributed by atoms with van der Waals surface area (Å²) in [5.41, 5.74) is 6.36. The molecule has 0 bridgehead atoms. The van der Waals surface area contributed by atoms with Gasteiger partial charge in [0, 0.05) is 6.42 Å². The molecule has 94 valence electrons. The molecule has 0 spiro atoms. The van der Waals surface area contributed by atoms with Crippen molar-refractivity contribution in [3.05, 3.63) is 29.8 Å². The summed E-state index contributed by atoms with van der Waals surface area (Å²) in [6.07, 6.45) is 0.581. The molecular formula is C13H20N2O2. The number of hydrogen-bond donors (Lipinski definition) is 2. The van der Waals surface area contributed by atoms with Crippen molar-refractivity contribution in [2.45, 2.75) is 26.3 Å². The predicted molar refractivity (Wildman–Crippen MR) is 68.0 cm³/mol. The molecule has 1 aromatic carbocycles. The van der Waals surface area contributed by atoms with Gasteiger partial charge in [0.15, 0.2) is 0 Å². The molecule has 0 saturated heterocycles. The Hall–Kier alpha value is -1.55. The van der Waals surface area contributed by atoms with E-state index in [9.17, 15) is 4.79 Å². The molecule has 1 rings (SSSR count). The third-order valence-electron chi connectivity index (χ3n) is 2.55. The Balaban J connectivity index is 2.41. The van der Waals surface area contributed by atoms with E-state index in [0.717, 1.165) is 17.9 Å². The van der Waals surface area contributed by atoms with Crippen molar-refractivity contribution < 1.29 is 9.53 Å². The van der Waals surface area contributed by atoms with Gasteiger partial charge >= 0.3 is 0 Å². The van der Waals surface area contributed by atoms with Gasteiger partial charge in [-0.3, -0.25) is 4.79 Å². The van der Waals surface area contributed by atoms with Crippen LogP contribution in [0.3, 0.4) is 0 Å². The summed E-state index contributed by atoms with van der Waals surface area (Å²) in [7, 11) is 0. The molecule has 17 heavy (non-hydrogen) atoms. The van der Waals surface area contributed by atoms with E-state index in [1.807, 2.05) is 38.1 Å². The zero-order valence-corrected chi connectivity index (χ0v) is 10.4. The van der Waals surface area contributed by atoms with E-state index in [2.05, 4.69) is 5.32 Å². The van der Waals surface area contributed by atoms with Gasteiger partial charge in [0.05, 0.1) is 12.6 Å². The lowest BCUT2D eigenvalue weighted by atomic mass is 10.2.